The van der Waals surface area contributed by atoms with E-state index in [9.17, 15) is 4.79 Å². The summed E-state index contributed by atoms with van der Waals surface area (Å²) in [7, 11) is 1.89. The van der Waals surface area contributed by atoms with Gasteiger partial charge in [-0.1, -0.05) is 0 Å². The lowest BCUT2D eigenvalue weighted by Crippen LogP contribution is -2.22. The molecule has 2 aromatic rings. The molecule has 100 valence electrons. The summed E-state index contributed by atoms with van der Waals surface area (Å²) in [6, 6.07) is 7.05. The van der Waals surface area contributed by atoms with Crippen LogP contribution in [0.3, 0.4) is 0 Å². The number of benzene rings is 1. The highest BCUT2D eigenvalue weighted by Crippen LogP contribution is 2.24. The van der Waals surface area contributed by atoms with E-state index in [-0.39, 0.29) is 0 Å². The number of aryl methyl sites for hydroxylation is 1. The highest BCUT2D eigenvalue weighted by atomic mass is 16.3. The van der Waals surface area contributed by atoms with Crippen LogP contribution in [-0.4, -0.2) is 13.0 Å². The highest BCUT2D eigenvalue weighted by molar-refractivity contribution is 5.99. The molecule has 0 unspecified atom stereocenters. The number of carbonyl (C=O) groups excluding carboxylic acids is 1. The SMILES string of the molecule is Cc1occc1CN(C)c1ccc(N)cc1C(N)=O. The van der Waals surface area contributed by atoms with Crippen LogP contribution in [0.4, 0.5) is 11.4 Å². The van der Waals surface area contributed by atoms with Crippen LogP contribution in [0.25, 0.3) is 0 Å². The molecule has 0 radical (unpaired) electrons. The van der Waals surface area contributed by atoms with Crippen molar-refractivity contribution < 1.29 is 9.21 Å². The van der Waals surface area contributed by atoms with E-state index in [4.69, 9.17) is 15.9 Å². The first-order chi connectivity index (χ1) is 8.99. The number of hydrogen-bond acceptors (Lipinski definition) is 4. The molecule has 0 saturated heterocycles. The third kappa shape index (κ3) is 2.70. The Morgan fingerprint density at radius 3 is 2.68 bits per heavy atom. The number of rotatable bonds is 4. The van der Waals surface area contributed by atoms with E-state index >= 15 is 0 Å². The molecule has 1 heterocycles. The molecule has 2 rings (SSSR count). The van der Waals surface area contributed by atoms with Gasteiger partial charge in [-0.2, -0.15) is 0 Å². The zero-order chi connectivity index (χ0) is 14.0. The smallest absolute Gasteiger partial charge is 0.250 e. The summed E-state index contributed by atoms with van der Waals surface area (Å²) in [6.45, 7) is 2.54. The maximum Gasteiger partial charge on any atom is 0.250 e. The van der Waals surface area contributed by atoms with Gasteiger partial charge in [0, 0.05) is 30.5 Å². The molecule has 0 atom stereocenters. The summed E-state index contributed by atoms with van der Waals surface area (Å²) in [5.74, 6) is 0.376. The Morgan fingerprint density at radius 1 is 1.37 bits per heavy atom. The van der Waals surface area contributed by atoms with Crippen LogP contribution in [0, 0.1) is 6.92 Å². The fourth-order valence-electron chi connectivity index (χ4n) is 2.00. The summed E-state index contributed by atoms with van der Waals surface area (Å²) < 4.78 is 5.26. The summed E-state index contributed by atoms with van der Waals surface area (Å²) in [5, 5.41) is 0. The standard InChI is InChI=1S/C14H17N3O2/c1-9-10(5-6-19-9)8-17(2)13-4-3-11(15)7-12(13)14(16)18/h3-7H,8,15H2,1-2H3,(H2,16,18). The number of hydrogen-bond donors (Lipinski definition) is 2. The number of nitrogens with zero attached hydrogens (tertiary/aromatic N) is 1. The predicted molar refractivity (Wildman–Crippen MR) is 74.9 cm³/mol. The average Bonchev–Trinajstić information content (AvgIpc) is 2.74. The van der Waals surface area contributed by atoms with E-state index in [1.54, 1.807) is 24.5 Å². The monoisotopic (exact) mass is 259 g/mol. The second-order valence-corrected chi connectivity index (χ2v) is 4.50. The summed E-state index contributed by atoms with van der Waals surface area (Å²) in [4.78, 5) is 13.4. The van der Waals surface area contributed by atoms with Gasteiger partial charge >= 0.3 is 0 Å². The van der Waals surface area contributed by atoms with Crippen molar-refractivity contribution in [1.82, 2.24) is 0 Å². The average molecular weight is 259 g/mol. The van der Waals surface area contributed by atoms with E-state index in [0.29, 0.717) is 17.8 Å². The number of nitrogens with two attached hydrogens (primary N) is 2. The van der Waals surface area contributed by atoms with Crippen LogP contribution < -0.4 is 16.4 Å². The van der Waals surface area contributed by atoms with E-state index < -0.39 is 5.91 Å². The molecule has 4 N–H and O–H groups in total. The minimum absolute atomic E-state index is 0.420. The first kappa shape index (κ1) is 13.0. The number of anilines is 2. The first-order valence-corrected chi connectivity index (χ1v) is 5.92. The normalized spacial score (nSPS) is 10.4. The molecule has 0 aliphatic heterocycles. The van der Waals surface area contributed by atoms with Crippen molar-refractivity contribution in [3.8, 4) is 0 Å². The minimum atomic E-state index is -0.488. The third-order valence-corrected chi connectivity index (χ3v) is 3.07. The van der Waals surface area contributed by atoms with Gasteiger partial charge < -0.3 is 20.8 Å². The Balaban J connectivity index is 2.31. The Labute approximate surface area is 111 Å². The van der Waals surface area contributed by atoms with Crippen molar-refractivity contribution in [2.75, 3.05) is 17.7 Å². The molecule has 19 heavy (non-hydrogen) atoms. The topological polar surface area (TPSA) is 85.5 Å². The van der Waals surface area contributed by atoms with E-state index in [1.807, 2.05) is 24.9 Å². The van der Waals surface area contributed by atoms with Crippen LogP contribution in [0.1, 0.15) is 21.7 Å². The first-order valence-electron chi connectivity index (χ1n) is 5.92. The molecule has 0 fully saturated rings. The van der Waals surface area contributed by atoms with Gasteiger partial charge in [0.1, 0.15) is 5.76 Å². The number of primary amides is 1. The minimum Gasteiger partial charge on any atom is -0.469 e. The molecule has 1 aromatic heterocycles. The van der Waals surface area contributed by atoms with Gasteiger partial charge in [-0.3, -0.25) is 4.79 Å². The van der Waals surface area contributed by atoms with Crippen LogP contribution in [0.2, 0.25) is 0 Å². The maximum atomic E-state index is 11.5. The Kier molecular flexibility index (Phi) is 3.46. The molecular weight excluding hydrogens is 242 g/mol. The van der Waals surface area contributed by atoms with Gasteiger partial charge in [-0.15, -0.1) is 0 Å². The summed E-state index contributed by atoms with van der Waals surface area (Å²) in [5.41, 5.74) is 13.8. The number of carbonyl (C=O) groups is 1. The van der Waals surface area contributed by atoms with Gasteiger partial charge in [-0.05, 0) is 31.2 Å². The number of furan rings is 1. The molecule has 5 heteroatoms. The second-order valence-electron chi connectivity index (χ2n) is 4.50. The van der Waals surface area contributed by atoms with Crippen molar-refractivity contribution >= 4 is 17.3 Å². The lowest BCUT2D eigenvalue weighted by molar-refractivity contribution is 0.100. The second kappa shape index (κ2) is 5.06. The van der Waals surface area contributed by atoms with Crippen LogP contribution in [0.5, 0.6) is 0 Å². The highest BCUT2D eigenvalue weighted by Gasteiger charge is 2.14. The van der Waals surface area contributed by atoms with Crippen molar-refractivity contribution in [2.45, 2.75) is 13.5 Å². The van der Waals surface area contributed by atoms with E-state index in [0.717, 1.165) is 17.0 Å². The van der Waals surface area contributed by atoms with E-state index in [2.05, 4.69) is 0 Å². The fourth-order valence-corrected chi connectivity index (χ4v) is 2.00. The van der Waals surface area contributed by atoms with Gasteiger partial charge in [0.05, 0.1) is 11.8 Å². The summed E-state index contributed by atoms with van der Waals surface area (Å²) in [6.07, 6.45) is 1.65. The molecule has 0 spiro atoms. The molecule has 0 bridgehead atoms. The molecule has 0 saturated carbocycles. The Hall–Kier alpha value is -2.43. The molecule has 1 aromatic carbocycles. The van der Waals surface area contributed by atoms with Gasteiger partial charge in [0.2, 0.25) is 0 Å². The molecule has 0 aliphatic carbocycles. The largest absolute Gasteiger partial charge is 0.469 e. The maximum absolute atomic E-state index is 11.5. The number of amides is 1. The summed E-state index contributed by atoms with van der Waals surface area (Å²) >= 11 is 0. The fraction of sp³-hybridized carbons (Fsp3) is 0.214. The molecule has 5 nitrogen and oxygen atoms in total. The zero-order valence-corrected chi connectivity index (χ0v) is 11.0. The van der Waals surface area contributed by atoms with Gasteiger partial charge in [-0.25, -0.2) is 0 Å². The zero-order valence-electron chi connectivity index (χ0n) is 11.0. The lowest BCUT2D eigenvalue weighted by Gasteiger charge is -2.21. The van der Waals surface area contributed by atoms with E-state index in [1.165, 1.54) is 0 Å². The van der Waals surface area contributed by atoms with Crippen LogP contribution in [-0.2, 0) is 6.54 Å². The third-order valence-electron chi connectivity index (χ3n) is 3.07. The Morgan fingerprint density at radius 2 is 2.11 bits per heavy atom. The molecule has 0 aliphatic rings. The molecular formula is C14H17N3O2. The van der Waals surface area contributed by atoms with Crippen LogP contribution in [0.15, 0.2) is 34.9 Å². The van der Waals surface area contributed by atoms with Crippen molar-refractivity contribution in [3.63, 3.8) is 0 Å². The van der Waals surface area contributed by atoms with Crippen molar-refractivity contribution in [2.24, 2.45) is 5.73 Å². The van der Waals surface area contributed by atoms with Crippen molar-refractivity contribution in [1.29, 1.82) is 0 Å². The molecule has 1 amide bonds. The quantitative estimate of drug-likeness (QED) is 0.821. The predicted octanol–water partition coefficient (Wildman–Crippen LogP) is 1.91. The van der Waals surface area contributed by atoms with Gasteiger partial charge in [0.25, 0.3) is 5.91 Å². The van der Waals surface area contributed by atoms with Gasteiger partial charge in [0.15, 0.2) is 0 Å². The van der Waals surface area contributed by atoms with Crippen LogP contribution >= 0.6 is 0 Å². The number of nitrogen functional groups attached to an aromatic ring is 1. The van der Waals surface area contributed by atoms with Crippen molar-refractivity contribution in [3.05, 3.63) is 47.4 Å². The Bertz CT molecular complexity index is 604. The lowest BCUT2D eigenvalue weighted by atomic mass is 10.1.